The number of halogens is 2. The molecule has 0 atom stereocenters. The molecule has 4 nitrogen and oxygen atoms in total. The fourth-order valence-electron chi connectivity index (χ4n) is 1.90. The molecule has 1 aromatic heterocycles. The summed E-state index contributed by atoms with van der Waals surface area (Å²) < 4.78 is 31.7. The lowest BCUT2D eigenvalue weighted by Gasteiger charge is -1.99. The minimum Gasteiger partial charge on any atom is -0.508 e. The van der Waals surface area contributed by atoms with Crippen molar-refractivity contribution in [3.8, 4) is 17.1 Å². The highest BCUT2D eigenvalue weighted by Gasteiger charge is 2.13. The highest BCUT2D eigenvalue weighted by molar-refractivity contribution is 5.55. The fraction of sp³-hybridized carbons (Fsp3) is 0.0667. The lowest BCUT2D eigenvalue weighted by Crippen LogP contribution is -1.95. The highest BCUT2D eigenvalue weighted by Crippen LogP contribution is 2.20. The Morgan fingerprint density at radius 3 is 2.57 bits per heavy atom. The number of aromatic hydroxyl groups is 1. The molecule has 0 saturated carbocycles. The summed E-state index contributed by atoms with van der Waals surface area (Å²) in [6, 6.07) is 10.2. The molecule has 6 heteroatoms. The summed E-state index contributed by atoms with van der Waals surface area (Å²) in [5.74, 6) is -1.19. The first-order chi connectivity index (χ1) is 10.1. The SMILES string of the molecule is Oc1ccc(-c2noc(Cc3cccc(F)c3F)n2)cc1. The molecule has 0 aliphatic rings. The van der Waals surface area contributed by atoms with Crippen LogP contribution in [0.15, 0.2) is 47.0 Å². The molecular formula is C15H10F2N2O2. The predicted octanol–water partition coefficient (Wildman–Crippen LogP) is 3.31. The van der Waals surface area contributed by atoms with Gasteiger partial charge in [0.2, 0.25) is 11.7 Å². The Balaban J connectivity index is 1.85. The van der Waals surface area contributed by atoms with E-state index in [9.17, 15) is 13.9 Å². The molecule has 3 rings (SSSR count). The number of rotatable bonds is 3. The molecule has 106 valence electrons. The third-order valence-electron chi connectivity index (χ3n) is 2.97. The van der Waals surface area contributed by atoms with E-state index < -0.39 is 11.6 Å². The zero-order valence-electron chi connectivity index (χ0n) is 10.8. The van der Waals surface area contributed by atoms with Crippen LogP contribution < -0.4 is 0 Å². The molecule has 0 amide bonds. The molecule has 0 fully saturated rings. The zero-order chi connectivity index (χ0) is 14.8. The molecule has 0 spiro atoms. The van der Waals surface area contributed by atoms with Gasteiger partial charge in [0.15, 0.2) is 11.6 Å². The first-order valence-corrected chi connectivity index (χ1v) is 6.18. The first-order valence-electron chi connectivity index (χ1n) is 6.18. The van der Waals surface area contributed by atoms with Crippen molar-refractivity contribution >= 4 is 0 Å². The van der Waals surface area contributed by atoms with E-state index >= 15 is 0 Å². The summed E-state index contributed by atoms with van der Waals surface area (Å²) in [5.41, 5.74) is 0.804. The minimum atomic E-state index is -0.915. The summed E-state index contributed by atoms with van der Waals surface area (Å²) in [6.07, 6.45) is 0.00861. The van der Waals surface area contributed by atoms with Gasteiger partial charge in [-0.25, -0.2) is 8.78 Å². The highest BCUT2D eigenvalue weighted by atomic mass is 19.2. The van der Waals surface area contributed by atoms with Gasteiger partial charge in [-0.05, 0) is 30.3 Å². The van der Waals surface area contributed by atoms with Gasteiger partial charge in [-0.2, -0.15) is 4.98 Å². The van der Waals surface area contributed by atoms with Crippen LogP contribution in [0.3, 0.4) is 0 Å². The maximum atomic E-state index is 13.6. The minimum absolute atomic E-state index is 0.00861. The molecule has 0 unspecified atom stereocenters. The van der Waals surface area contributed by atoms with Crippen LogP contribution in [0.2, 0.25) is 0 Å². The van der Waals surface area contributed by atoms with Crippen LogP contribution in [0.1, 0.15) is 11.5 Å². The van der Waals surface area contributed by atoms with Crippen molar-refractivity contribution in [2.45, 2.75) is 6.42 Å². The third kappa shape index (κ3) is 2.74. The Labute approximate surface area is 118 Å². The third-order valence-corrected chi connectivity index (χ3v) is 2.97. The number of aromatic nitrogens is 2. The van der Waals surface area contributed by atoms with E-state index in [2.05, 4.69) is 10.1 Å². The summed E-state index contributed by atoms with van der Waals surface area (Å²) >= 11 is 0. The van der Waals surface area contributed by atoms with Gasteiger partial charge in [0.1, 0.15) is 5.75 Å². The Morgan fingerprint density at radius 2 is 1.81 bits per heavy atom. The standard InChI is InChI=1S/C15H10F2N2O2/c16-12-3-1-2-10(14(12)17)8-13-18-15(19-21-13)9-4-6-11(20)7-5-9/h1-7,20H,8H2. The normalized spacial score (nSPS) is 10.8. The second-order valence-electron chi connectivity index (χ2n) is 4.45. The summed E-state index contributed by atoms with van der Waals surface area (Å²) in [5, 5.41) is 13.0. The van der Waals surface area contributed by atoms with Crippen LogP contribution >= 0.6 is 0 Å². The zero-order valence-corrected chi connectivity index (χ0v) is 10.8. The van der Waals surface area contributed by atoms with E-state index in [-0.39, 0.29) is 23.6 Å². The number of phenolic OH excluding ortho intramolecular Hbond substituents is 1. The van der Waals surface area contributed by atoms with Gasteiger partial charge in [-0.1, -0.05) is 17.3 Å². The predicted molar refractivity (Wildman–Crippen MR) is 70.6 cm³/mol. The molecular weight excluding hydrogens is 278 g/mol. The molecule has 3 aromatic rings. The van der Waals surface area contributed by atoms with Gasteiger partial charge in [-0.15, -0.1) is 0 Å². The van der Waals surface area contributed by atoms with Crippen molar-refractivity contribution < 1.29 is 18.4 Å². The van der Waals surface area contributed by atoms with Gasteiger partial charge in [-0.3, -0.25) is 0 Å². The molecule has 1 N–H and O–H groups in total. The van der Waals surface area contributed by atoms with Crippen molar-refractivity contribution in [1.29, 1.82) is 0 Å². The van der Waals surface area contributed by atoms with E-state index in [1.54, 1.807) is 12.1 Å². The second kappa shape index (κ2) is 5.32. The molecule has 1 heterocycles. The van der Waals surface area contributed by atoms with Gasteiger partial charge < -0.3 is 9.63 Å². The maximum Gasteiger partial charge on any atom is 0.231 e. The van der Waals surface area contributed by atoms with Crippen LogP contribution in [0.4, 0.5) is 8.78 Å². The number of phenols is 1. The summed E-state index contributed by atoms with van der Waals surface area (Å²) in [4.78, 5) is 4.13. The van der Waals surface area contributed by atoms with E-state index in [1.807, 2.05) is 0 Å². The van der Waals surface area contributed by atoms with Crippen molar-refractivity contribution in [2.75, 3.05) is 0 Å². The van der Waals surface area contributed by atoms with Gasteiger partial charge in [0, 0.05) is 11.1 Å². The second-order valence-corrected chi connectivity index (χ2v) is 4.45. The average molecular weight is 288 g/mol. The van der Waals surface area contributed by atoms with Crippen molar-refractivity contribution in [3.05, 3.63) is 65.6 Å². The number of nitrogens with zero attached hydrogens (tertiary/aromatic N) is 2. The van der Waals surface area contributed by atoms with Crippen molar-refractivity contribution in [2.24, 2.45) is 0 Å². The lowest BCUT2D eigenvalue weighted by molar-refractivity contribution is 0.383. The smallest absolute Gasteiger partial charge is 0.231 e. The summed E-state index contributed by atoms with van der Waals surface area (Å²) in [6.45, 7) is 0. The molecule has 0 aliphatic carbocycles. The van der Waals surface area contributed by atoms with Gasteiger partial charge in [0.25, 0.3) is 0 Å². The monoisotopic (exact) mass is 288 g/mol. The Hall–Kier alpha value is -2.76. The van der Waals surface area contributed by atoms with Crippen LogP contribution in [0.25, 0.3) is 11.4 Å². The van der Waals surface area contributed by atoms with E-state index in [0.29, 0.717) is 11.4 Å². The Morgan fingerprint density at radius 1 is 1.05 bits per heavy atom. The Bertz CT molecular complexity index is 770. The van der Waals surface area contributed by atoms with Crippen molar-refractivity contribution in [1.82, 2.24) is 10.1 Å². The van der Waals surface area contributed by atoms with Crippen LogP contribution in [0.5, 0.6) is 5.75 Å². The van der Waals surface area contributed by atoms with Crippen LogP contribution in [-0.2, 0) is 6.42 Å². The van der Waals surface area contributed by atoms with E-state index in [0.717, 1.165) is 6.07 Å². The van der Waals surface area contributed by atoms with Crippen LogP contribution in [-0.4, -0.2) is 15.2 Å². The largest absolute Gasteiger partial charge is 0.508 e. The van der Waals surface area contributed by atoms with E-state index in [4.69, 9.17) is 4.52 Å². The maximum absolute atomic E-state index is 13.6. The van der Waals surface area contributed by atoms with E-state index in [1.165, 1.54) is 24.3 Å². The summed E-state index contributed by atoms with van der Waals surface area (Å²) in [7, 11) is 0. The van der Waals surface area contributed by atoms with Crippen LogP contribution in [0, 0.1) is 11.6 Å². The Kier molecular flexibility index (Phi) is 3.35. The lowest BCUT2D eigenvalue weighted by atomic mass is 10.1. The molecule has 0 aliphatic heterocycles. The van der Waals surface area contributed by atoms with Gasteiger partial charge >= 0.3 is 0 Å². The number of hydrogen-bond acceptors (Lipinski definition) is 4. The average Bonchev–Trinajstić information content (AvgIpc) is 2.93. The molecule has 0 bridgehead atoms. The number of benzene rings is 2. The van der Waals surface area contributed by atoms with Gasteiger partial charge in [0.05, 0.1) is 6.42 Å². The van der Waals surface area contributed by atoms with Crippen molar-refractivity contribution in [3.63, 3.8) is 0 Å². The quantitative estimate of drug-likeness (QED) is 0.803. The molecule has 2 aromatic carbocycles. The molecule has 21 heavy (non-hydrogen) atoms. The molecule has 0 radical (unpaired) electrons. The first kappa shape index (κ1) is 13.2. The topological polar surface area (TPSA) is 59.2 Å². The molecule has 0 saturated heterocycles. The fourth-order valence-corrected chi connectivity index (χ4v) is 1.90. The number of hydrogen-bond donors (Lipinski definition) is 1.